The molecule has 1 atom stereocenters. The van der Waals surface area contributed by atoms with Crippen LogP contribution >= 0.6 is 11.6 Å². The Labute approximate surface area is 173 Å². The van der Waals surface area contributed by atoms with E-state index in [0.29, 0.717) is 41.7 Å². The van der Waals surface area contributed by atoms with Crippen LogP contribution in [0.1, 0.15) is 29.0 Å². The molecular formula is C20H23ClN4O4. The number of rotatable bonds is 5. The van der Waals surface area contributed by atoms with Crippen LogP contribution in [0.15, 0.2) is 34.9 Å². The van der Waals surface area contributed by atoms with Gasteiger partial charge in [-0.15, -0.1) is 0 Å². The van der Waals surface area contributed by atoms with E-state index in [4.69, 9.17) is 16.1 Å². The molecule has 0 spiro atoms. The predicted octanol–water partition coefficient (Wildman–Crippen LogP) is 2.59. The topological polar surface area (TPSA) is 95.8 Å². The van der Waals surface area contributed by atoms with Crippen molar-refractivity contribution in [2.75, 3.05) is 32.0 Å². The first kappa shape index (κ1) is 20.9. The smallest absolute Gasteiger partial charge is 0.253 e. The summed E-state index contributed by atoms with van der Waals surface area (Å²) in [6.07, 6.45) is 1.41. The van der Waals surface area contributed by atoms with Crippen LogP contribution in [0, 0.1) is 12.8 Å². The highest BCUT2D eigenvalue weighted by Gasteiger charge is 2.31. The fourth-order valence-corrected chi connectivity index (χ4v) is 3.48. The molecule has 29 heavy (non-hydrogen) atoms. The molecule has 1 aromatic carbocycles. The quantitative estimate of drug-likeness (QED) is 0.805. The molecule has 0 radical (unpaired) electrons. The molecule has 1 aliphatic rings. The minimum atomic E-state index is -0.362. The first-order valence-corrected chi connectivity index (χ1v) is 9.74. The Hall–Kier alpha value is -2.87. The van der Waals surface area contributed by atoms with E-state index >= 15 is 0 Å². The maximum atomic E-state index is 12.8. The molecule has 1 fully saturated rings. The van der Waals surface area contributed by atoms with E-state index in [0.717, 1.165) is 6.42 Å². The van der Waals surface area contributed by atoms with Crippen LogP contribution < -0.4 is 5.32 Å². The highest BCUT2D eigenvalue weighted by atomic mass is 35.5. The molecule has 0 bridgehead atoms. The number of piperidine rings is 1. The average molecular weight is 419 g/mol. The van der Waals surface area contributed by atoms with Gasteiger partial charge in [-0.25, -0.2) is 0 Å². The number of carbonyl (C=O) groups excluding carboxylic acids is 3. The summed E-state index contributed by atoms with van der Waals surface area (Å²) in [5.41, 5.74) is 0.540. The number of aryl methyl sites for hydroxylation is 1. The van der Waals surface area contributed by atoms with Crippen molar-refractivity contribution in [1.29, 1.82) is 0 Å². The number of nitrogens with one attached hydrogen (secondary N) is 1. The number of benzene rings is 1. The largest absolute Gasteiger partial charge is 0.360 e. The number of aromatic nitrogens is 1. The normalized spacial score (nSPS) is 16.4. The van der Waals surface area contributed by atoms with Crippen LogP contribution in [0.2, 0.25) is 5.02 Å². The number of likely N-dealkylation sites (tertiary alicyclic amines) is 1. The monoisotopic (exact) mass is 418 g/mol. The standard InChI is InChI=1S/C20H23ClN4O4/c1-13-10-17(23-29-13)22-18(26)12-24(2)19(27)15-4-3-9-25(11-15)20(28)14-5-7-16(21)8-6-14/h5-8,10,15H,3-4,9,11-12H2,1-2H3,(H,22,23,26). The van der Waals surface area contributed by atoms with E-state index in [9.17, 15) is 14.4 Å². The Morgan fingerprint density at radius 1 is 1.31 bits per heavy atom. The second-order valence-electron chi connectivity index (χ2n) is 7.16. The SMILES string of the molecule is Cc1cc(NC(=O)CN(C)C(=O)C2CCCN(C(=O)c3ccc(Cl)cc3)C2)no1. The highest BCUT2D eigenvalue weighted by Crippen LogP contribution is 2.21. The Balaban J connectivity index is 1.56. The summed E-state index contributed by atoms with van der Waals surface area (Å²) in [6, 6.07) is 8.30. The van der Waals surface area contributed by atoms with Gasteiger partial charge in [0.15, 0.2) is 5.82 Å². The summed E-state index contributed by atoms with van der Waals surface area (Å²) in [6.45, 7) is 2.54. The number of hydrogen-bond donors (Lipinski definition) is 1. The van der Waals surface area contributed by atoms with Gasteiger partial charge in [0.1, 0.15) is 5.76 Å². The fraction of sp³-hybridized carbons (Fsp3) is 0.400. The second-order valence-corrected chi connectivity index (χ2v) is 7.60. The zero-order valence-corrected chi connectivity index (χ0v) is 17.1. The molecule has 3 rings (SSSR count). The van der Waals surface area contributed by atoms with E-state index in [1.54, 1.807) is 49.2 Å². The lowest BCUT2D eigenvalue weighted by Gasteiger charge is -2.34. The van der Waals surface area contributed by atoms with Crippen molar-refractivity contribution < 1.29 is 18.9 Å². The van der Waals surface area contributed by atoms with Crippen LogP contribution in [0.3, 0.4) is 0 Å². The molecule has 9 heteroatoms. The predicted molar refractivity (Wildman–Crippen MR) is 108 cm³/mol. The third-order valence-electron chi connectivity index (χ3n) is 4.80. The zero-order chi connectivity index (χ0) is 21.0. The molecule has 1 saturated heterocycles. The summed E-state index contributed by atoms with van der Waals surface area (Å²) >= 11 is 5.88. The number of hydrogen-bond acceptors (Lipinski definition) is 5. The van der Waals surface area contributed by atoms with E-state index in [1.807, 2.05) is 0 Å². The Morgan fingerprint density at radius 2 is 2.03 bits per heavy atom. The third kappa shape index (κ3) is 5.35. The van der Waals surface area contributed by atoms with Crippen molar-refractivity contribution in [2.45, 2.75) is 19.8 Å². The minimum absolute atomic E-state index is 0.105. The summed E-state index contributed by atoms with van der Waals surface area (Å²) in [7, 11) is 1.58. The van der Waals surface area contributed by atoms with Crippen molar-refractivity contribution in [3.8, 4) is 0 Å². The van der Waals surface area contributed by atoms with E-state index in [1.165, 1.54) is 4.90 Å². The highest BCUT2D eigenvalue weighted by molar-refractivity contribution is 6.30. The van der Waals surface area contributed by atoms with Gasteiger partial charge in [0.2, 0.25) is 11.8 Å². The summed E-state index contributed by atoms with van der Waals surface area (Å²) in [5.74, 6) is -0.0969. The first-order valence-electron chi connectivity index (χ1n) is 9.36. The molecule has 2 aromatic rings. The number of anilines is 1. The van der Waals surface area contributed by atoms with Crippen LogP contribution in [-0.4, -0.2) is 59.4 Å². The molecule has 154 valence electrons. The lowest BCUT2D eigenvalue weighted by atomic mass is 9.96. The van der Waals surface area contributed by atoms with Gasteiger partial charge in [0, 0.05) is 36.8 Å². The summed E-state index contributed by atoms with van der Waals surface area (Å²) < 4.78 is 4.90. The molecule has 1 aliphatic heterocycles. The molecule has 1 N–H and O–H groups in total. The Kier molecular flexibility index (Phi) is 6.53. The van der Waals surface area contributed by atoms with Crippen molar-refractivity contribution >= 4 is 35.1 Å². The van der Waals surface area contributed by atoms with Crippen LogP contribution in [0.4, 0.5) is 5.82 Å². The van der Waals surface area contributed by atoms with Gasteiger partial charge in [-0.2, -0.15) is 0 Å². The van der Waals surface area contributed by atoms with Crippen LogP contribution in [-0.2, 0) is 9.59 Å². The fourth-order valence-electron chi connectivity index (χ4n) is 3.35. The first-order chi connectivity index (χ1) is 13.8. The number of nitrogens with zero attached hydrogens (tertiary/aromatic N) is 3. The van der Waals surface area contributed by atoms with Gasteiger partial charge < -0.3 is 19.6 Å². The third-order valence-corrected chi connectivity index (χ3v) is 5.05. The molecule has 3 amide bonds. The van der Waals surface area contributed by atoms with E-state index in [-0.39, 0.29) is 30.2 Å². The molecule has 2 heterocycles. The molecule has 1 aromatic heterocycles. The molecule has 0 saturated carbocycles. The van der Waals surface area contributed by atoms with Gasteiger partial charge in [-0.05, 0) is 44.0 Å². The second kappa shape index (κ2) is 9.09. The number of amides is 3. The molecule has 0 aliphatic carbocycles. The van der Waals surface area contributed by atoms with Gasteiger partial charge in [0.05, 0.1) is 12.5 Å². The van der Waals surface area contributed by atoms with Crippen molar-refractivity contribution in [1.82, 2.24) is 15.0 Å². The van der Waals surface area contributed by atoms with Crippen molar-refractivity contribution in [3.05, 3.63) is 46.7 Å². The van der Waals surface area contributed by atoms with Crippen molar-refractivity contribution in [3.63, 3.8) is 0 Å². The lowest BCUT2D eigenvalue weighted by molar-refractivity contribution is -0.138. The molecular weight excluding hydrogens is 396 g/mol. The van der Waals surface area contributed by atoms with Gasteiger partial charge in [-0.1, -0.05) is 16.8 Å². The summed E-state index contributed by atoms with van der Waals surface area (Å²) in [5, 5.41) is 6.85. The summed E-state index contributed by atoms with van der Waals surface area (Å²) in [4.78, 5) is 40.7. The van der Waals surface area contributed by atoms with Crippen LogP contribution in [0.5, 0.6) is 0 Å². The molecule has 1 unspecified atom stereocenters. The van der Waals surface area contributed by atoms with Gasteiger partial charge >= 0.3 is 0 Å². The van der Waals surface area contributed by atoms with Crippen molar-refractivity contribution in [2.24, 2.45) is 5.92 Å². The maximum Gasteiger partial charge on any atom is 0.253 e. The number of halogens is 1. The Morgan fingerprint density at radius 3 is 2.69 bits per heavy atom. The number of likely N-dealkylation sites (N-methyl/N-ethyl adjacent to an activating group) is 1. The average Bonchev–Trinajstić information content (AvgIpc) is 3.11. The zero-order valence-electron chi connectivity index (χ0n) is 16.4. The van der Waals surface area contributed by atoms with Gasteiger partial charge in [-0.3, -0.25) is 14.4 Å². The minimum Gasteiger partial charge on any atom is -0.360 e. The van der Waals surface area contributed by atoms with Crippen LogP contribution in [0.25, 0.3) is 0 Å². The maximum absolute atomic E-state index is 12.8. The number of carbonyl (C=O) groups is 3. The lowest BCUT2D eigenvalue weighted by Crippen LogP contribution is -2.47. The Bertz CT molecular complexity index is 896. The molecule has 8 nitrogen and oxygen atoms in total. The van der Waals surface area contributed by atoms with E-state index in [2.05, 4.69) is 10.5 Å². The van der Waals surface area contributed by atoms with Gasteiger partial charge in [0.25, 0.3) is 5.91 Å². The van der Waals surface area contributed by atoms with E-state index < -0.39 is 0 Å².